The van der Waals surface area contributed by atoms with Crippen LogP contribution in [-0.2, 0) is 0 Å². The number of hydrazine groups is 1. The molecule has 21 heavy (non-hydrogen) atoms. The second-order valence-corrected chi connectivity index (χ2v) is 4.63. The van der Waals surface area contributed by atoms with Gasteiger partial charge in [0.15, 0.2) is 23.3 Å². The van der Waals surface area contributed by atoms with Crippen molar-refractivity contribution in [2.24, 2.45) is 10.8 Å². The number of anilines is 1. The van der Waals surface area contributed by atoms with E-state index in [0.29, 0.717) is 0 Å². The maximum atomic E-state index is 13.5. The van der Waals surface area contributed by atoms with E-state index < -0.39 is 34.8 Å². The van der Waals surface area contributed by atoms with Crippen molar-refractivity contribution in [2.75, 3.05) is 5.32 Å². The highest BCUT2D eigenvalue weighted by molar-refractivity contribution is 5.93. The fourth-order valence-corrected chi connectivity index (χ4v) is 2.15. The zero-order valence-corrected chi connectivity index (χ0v) is 10.8. The first-order valence-electron chi connectivity index (χ1n) is 6.28. The largest absolute Gasteiger partial charge is 0.320 e. The molecule has 1 fully saturated rings. The highest BCUT2D eigenvalue weighted by atomic mass is 19.2. The van der Waals surface area contributed by atoms with E-state index in [2.05, 4.69) is 10.4 Å². The van der Waals surface area contributed by atoms with Crippen molar-refractivity contribution in [1.82, 2.24) is 5.43 Å². The maximum absolute atomic E-state index is 13.5. The van der Waals surface area contributed by atoms with Gasteiger partial charge in [-0.1, -0.05) is 12.8 Å². The third-order valence-electron chi connectivity index (χ3n) is 3.23. The number of guanidine groups is 1. The highest BCUT2D eigenvalue weighted by Crippen LogP contribution is 2.27. The minimum absolute atomic E-state index is 0.107. The van der Waals surface area contributed by atoms with E-state index >= 15 is 0 Å². The number of hydrogen-bond acceptors (Lipinski definition) is 2. The van der Waals surface area contributed by atoms with E-state index in [0.717, 1.165) is 25.7 Å². The summed E-state index contributed by atoms with van der Waals surface area (Å²) in [5.74, 6) is -5.33. The third-order valence-corrected chi connectivity index (χ3v) is 3.23. The van der Waals surface area contributed by atoms with E-state index in [9.17, 15) is 22.0 Å². The van der Waals surface area contributed by atoms with Crippen molar-refractivity contribution < 1.29 is 22.0 Å². The second kappa shape index (κ2) is 6.25. The minimum Gasteiger partial charge on any atom is -0.320 e. The molecule has 0 saturated heterocycles. The molecule has 0 aromatic heterocycles. The number of halogens is 5. The van der Waals surface area contributed by atoms with Crippen molar-refractivity contribution in [3.8, 4) is 0 Å². The van der Waals surface area contributed by atoms with E-state index in [1.165, 1.54) is 0 Å². The molecular formula is C12H13F5N4. The molecule has 1 saturated carbocycles. The van der Waals surface area contributed by atoms with Gasteiger partial charge in [0.2, 0.25) is 11.8 Å². The fourth-order valence-electron chi connectivity index (χ4n) is 2.15. The summed E-state index contributed by atoms with van der Waals surface area (Å²) in [5.41, 5.74) is 0.859. The molecule has 2 rings (SSSR count). The van der Waals surface area contributed by atoms with Gasteiger partial charge in [-0.3, -0.25) is 5.43 Å². The Morgan fingerprint density at radius 1 is 0.905 bits per heavy atom. The first kappa shape index (κ1) is 15.5. The van der Waals surface area contributed by atoms with Crippen molar-refractivity contribution in [3.63, 3.8) is 0 Å². The van der Waals surface area contributed by atoms with Crippen LogP contribution in [0.25, 0.3) is 0 Å². The molecule has 0 unspecified atom stereocenters. The molecule has 9 heteroatoms. The van der Waals surface area contributed by atoms with E-state index in [4.69, 9.17) is 5.84 Å². The van der Waals surface area contributed by atoms with Gasteiger partial charge in [-0.15, -0.1) is 0 Å². The van der Waals surface area contributed by atoms with Crippen LogP contribution in [0.5, 0.6) is 0 Å². The standard InChI is InChI=1S/C12H13F5N4/c13-6-7(14)9(16)11(10(17)8(6)15)20-12(21-18)19-5-3-1-2-4-5/h5H,1-4,18H2,(H2,19,20,21). The van der Waals surface area contributed by atoms with Gasteiger partial charge >= 0.3 is 0 Å². The Bertz CT molecular complexity index is 540. The Kier molecular flexibility index (Phi) is 4.61. The number of nitrogens with two attached hydrogens (primary N) is 1. The lowest BCUT2D eigenvalue weighted by atomic mass is 10.2. The summed E-state index contributed by atoms with van der Waals surface area (Å²) in [6.07, 6.45) is 3.44. The zero-order chi connectivity index (χ0) is 15.6. The van der Waals surface area contributed by atoms with Crippen LogP contribution in [0.3, 0.4) is 0 Å². The number of aliphatic imine (C=N–C) groups is 1. The molecule has 1 aliphatic rings. The van der Waals surface area contributed by atoms with Crippen LogP contribution in [0.1, 0.15) is 25.7 Å². The van der Waals surface area contributed by atoms with Crippen LogP contribution in [-0.4, -0.2) is 12.0 Å². The van der Waals surface area contributed by atoms with Crippen LogP contribution >= 0.6 is 0 Å². The molecule has 4 N–H and O–H groups in total. The minimum atomic E-state index is -2.22. The van der Waals surface area contributed by atoms with Gasteiger partial charge < -0.3 is 5.32 Å². The van der Waals surface area contributed by atoms with Gasteiger partial charge in [0.25, 0.3) is 0 Å². The molecule has 0 amide bonds. The Hall–Kier alpha value is -1.90. The number of nitrogens with zero attached hydrogens (tertiary/aromatic N) is 1. The van der Waals surface area contributed by atoms with Gasteiger partial charge in [-0.2, -0.15) is 0 Å². The van der Waals surface area contributed by atoms with Crippen molar-refractivity contribution in [2.45, 2.75) is 31.7 Å². The Morgan fingerprint density at radius 3 is 1.86 bits per heavy atom. The lowest BCUT2D eigenvalue weighted by Gasteiger charge is -2.14. The lowest BCUT2D eigenvalue weighted by Crippen LogP contribution is -2.38. The molecule has 0 atom stereocenters. The summed E-state index contributed by atoms with van der Waals surface area (Å²) in [5, 5.41) is 2.02. The van der Waals surface area contributed by atoms with Crippen LogP contribution in [0.15, 0.2) is 4.99 Å². The Labute approximate surface area is 117 Å². The first-order chi connectivity index (χ1) is 9.95. The number of benzene rings is 1. The summed E-state index contributed by atoms with van der Waals surface area (Å²) >= 11 is 0. The monoisotopic (exact) mass is 308 g/mol. The molecule has 0 bridgehead atoms. The predicted molar refractivity (Wildman–Crippen MR) is 66.9 cm³/mol. The summed E-state index contributed by atoms with van der Waals surface area (Å²) < 4.78 is 66.1. The van der Waals surface area contributed by atoms with E-state index in [-0.39, 0.29) is 12.0 Å². The van der Waals surface area contributed by atoms with Gasteiger partial charge in [0.05, 0.1) is 6.04 Å². The normalized spacial score (nSPS) is 16.4. The van der Waals surface area contributed by atoms with Gasteiger partial charge in [-0.05, 0) is 12.8 Å². The molecule has 0 radical (unpaired) electrons. The summed E-state index contributed by atoms with van der Waals surface area (Å²) in [7, 11) is 0. The van der Waals surface area contributed by atoms with Crippen molar-refractivity contribution in [1.29, 1.82) is 0 Å². The second-order valence-electron chi connectivity index (χ2n) is 4.63. The van der Waals surface area contributed by atoms with Gasteiger partial charge in [-0.25, -0.2) is 32.8 Å². The number of hydrogen-bond donors (Lipinski definition) is 3. The predicted octanol–water partition coefficient (Wildman–Crippen LogP) is 2.56. The molecular weight excluding hydrogens is 295 g/mol. The van der Waals surface area contributed by atoms with Crippen LogP contribution in [0.2, 0.25) is 0 Å². The summed E-state index contributed by atoms with van der Waals surface area (Å²) in [6, 6.07) is -0.107. The molecule has 0 aliphatic heterocycles. The topological polar surface area (TPSA) is 62.4 Å². The number of rotatable bonds is 2. The zero-order valence-electron chi connectivity index (χ0n) is 10.8. The molecule has 116 valence electrons. The Balaban J connectivity index is 2.33. The SMILES string of the molecule is NNC(=NC1CCCC1)Nc1c(F)c(F)c(F)c(F)c1F. The van der Waals surface area contributed by atoms with Gasteiger partial charge in [0, 0.05) is 0 Å². The van der Waals surface area contributed by atoms with E-state index in [1.54, 1.807) is 0 Å². The fraction of sp³-hybridized carbons (Fsp3) is 0.417. The van der Waals surface area contributed by atoms with E-state index in [1.807, 2.05) is 5.32 Å². The lowest BCUT2D eigenvalue weighted by molar-refractivity contribution is 0.382. The van der Waals surface area contributed by atoms with Crippen molar-refractivity contribution >= 4 is 11.6 Å². The smallest absolute Gasteiger partial charge is 0.210 e. The molecule has 4 nitrogen and oxygen atoms in total. The maximum Gasteiger partial charge on any atom is 0.210 e. The summed E-state index contributed by atoms with van der Waals surface area (Å²) in [4.78, 5) is 4.05. The first-order valence-corrected chi connectivity index (χ1v) is 6.28. The van der Waals surface area contributed by atoms with Crippen molar-refractivity contribution in [3.05, 3.63) is 29.1 Å². The van der Waals surface area contributed by atoms with Crippen LogP contribution in [0, 0.1) is 29.1 Å². The van der Waals surface area contributed by atoms with Crippen LogP contribution < -0.4 is 16.6 Å². The molecule has 0 spiro atoms. The van der Waals surface area contributed by atoms with Gasteiger partial charge in [0.1, 0.15) is 5.69 Å². The summed E-state index contributed by atoms with van der Waals surface area (Å²) in [6.45, 7) is 0. The highest BCUT2D eigenvalue weighted by Gasteiger charge is 2.26. The molecule has 1 aromatic rings. The third kappa shape index (κ3) is 3.07. The van der Waals surface area contributed by atoms with Crippen LogP contribution in [0.4, 0.5) is 27.6 Å². The molecule has 1 aliphatic carbocycles. The number of nitrogens with one attached hydrogen (secondary N) is 2. The average Bonchev–Trinajstić information content (AvgIpc) is 2.99. The average molecular weight is 308 g/mol. The Morgan fingerprint density at radius 2 is 1.38 bits per heavy atom. The molecule has 0 heterocycles. The molecule has 1 aromatic carbocycles. The quantitative estimate of drug-likeness (QED) is 0.150.